The van der Waals surface area contributed by atoms with E-state index < -0.39 is 8.32 Å². The van der Waals surface area contributed by atoms with E-state index in [1.807, 2.05) is 30.3 Å². The van der Waals surface area contributed by atoms with E-state index in [1.165, 1.54) is 10.4 Å². The van der Waals surface area contributed by atoms with Crippen molar-refractivity contribution in [3.8, 4) is 5.75 Å². The van der Waals surface area contributed by atoms with Gasteiger partial charge in [0.05, 0.1) is 6.61 Å². The van der Waals surface area contributed by atoms with Crippen LogP contribution in [0.25, 0.3) is 0 Å². The largest absolute Gasteiger partial charge is 0.534 e. The molecule has 0 aliphatic rings. The van der Waals surface area contributed by atoms with E-state index in [1.54, 1.807) is 0 Å². The van der Waals surface area contributed by atoms with E-state index in [0.717, 1.165) is 11.3 Å². The zero-order valence-corrected chi connectivity index (χ0v) is 19.6. The van der Waals surface area contributed by atoms with Gasteiger partial charge in [-0.1, -0.05) is 93.0 Å². The van der Waals surface area contributed by atoms with Crippen molar-refractivity contribution >= 4 is 30.3 Å². The van der Waals surface area contributed by atoms with Gasteiger partial charge in [0.15, 0.2) is 0 Å². The van der Waals surface area contributed by atoms with E-state index in [2.05, 4.69) is 74.6 Å². The zero-order chi connectivity index (χ0) is 21.6. The van der Waals surface area contributed by atoms with Crippen molar-refractivity contribution in [2.75, 3.05) is 13.2 Å². The fourth-order valence-corrected chi connectivity index (χ4v) is 8.47. The highest BCUT2D eigenvalue weighted by Crippen LogP contribution is 2.38. The van der Waals surface area contributed by atoms with Gasteiger partial charge >= 0.3 is 8.32 Å². The summed E-state index contributed by atoms with van der Waals surface area (Å²) in [6, 6.07) is 27.0. The predicted octanol–water partition coefficient (Wildman–Crippen LogP) is 4.36. The van der Waals surface area contributed by atoms with Crippen LogP contribution in [0.4, 0.5) is 0 Å². The molecule has 3 nitrogen and oxygen atoms in total. The molecule has 0 atom stereocenters. The van der Waals surface area contributed by atoms with Crippen molar-refractivity contribution in [1.82, 2.24) is 5.32 Å². The first-order valence-corrected chi connectivity index (χ1v) is 12.6. The number of rotatable bonds is 8. The first-order chi connectivity index (χ1) is 14.4. The molecule has 3 rings (SSSR count). The number of halogens is 1. The Hall–Kier alpha value is -2.11. The number of hydrogen-bond donors (Lipinski definition) is 2. The molecule has 0 aliphatic heterocycles. The van der Waals surface area contributed by atoms with Crippen LogP contribution < -0.4 is 20.1 Å². The number of aliphatic hydroxyl groups is 1. The SMILES string of the molecule is CC(C)(C)[Si](Oc1ccc(Cl)c(CNCCO)c1)(c1ccccc1)c1ccccc1. The summed E-state index contributed by atoms with van der Waals surface area (Å²) in [7, 11) is -2.67. The van der Waals surface area contributed by atoms with Crippen LogP contribution in [0, 0.1) is 0 Å². The maximum absolute atomic E-state index is 9.05. The lowest BCUT2D eigenvalue weighted by atomic mass is 10.2. The Kier molecular flexibility index (Phi) is 7.37. The Morgan fingerprint density at radius 3 is 1.97 bits per heavy atom. The van der Waals surface area contributed by atoms with Crippen LogP contribution in [0.15, 0.2) is 78.9 Å². The first kappa shape index (κ1) is 22.6. The normalized spacial score (nSPS) is 12.0. The van der Waals surface area contributed by atoms with Crippen molar-refractivity contribution in [2.24, 2.45) is 0 Å². The lowest BCUT2D eigenvalue weighted by molar-refractivity contribution is 0.292. The topological polar surface area (TPSA) is 41.5 Å². The zero-order valence-electron chi connectivity index (χ0n) is 17.9. The Morgan fingerprint density at radius 2 is 1.47 bits per heavy atom. The van der Waals surface area contributed by atoms with E-state index in [9.17, 15) is 0 Å². The minimum atomic E-state index is -2.67. The summed E-state index contributed by atoms with van der Waals surface area (Å²) in [5, 5.41) is 15.3. The van der Waals surface area contributed by atoms with Crippen LogP contribution in [0.1, 0.15) is 26.3 Å². The fraction of sp³-hybridized carbons (Fsp3) is 0.280. The third-order valence-electron chi connectivity index (χ3n) is 5.31. The highest BCUT2D eigenvalue weighted by Gasteiger charge is 2.52. The molecule has 0 aliphatic carbocycles. The van der Waals surface area contributed by atoms with Gasteiger partial charge in [-0.25, -0.2) is 0 Å². The molecule has 0 saturated carbocycles. The predicted molar refractivity (Wildman–Crippen MR) is 128 cm³/mol. The highest BCUT2D eigenvalue weighted by molar-refractivity contribution is 7.00. The van der Waals surface area contributed by atoms with Gasteiger partial charge in [0.2, 0.25) is 0 Å². The van der Waals surface area contributed by atoms with Gasteiger partial charge in [-0.05, 0) is 39.2 Å². The van der Waals surface area contributed by atoms with Crippen molar-refractivity contribution < 1.29 is 9.53 Å². The molecular formula is C25H30ClNO2Si. The number of benzene rings is 3. The number of aliphatic hydroxyl groups excluding tert-OH is 1. The number of hydrogen-bond acceptors (Lipinski definition) is 3. The summed E-state index contributed by atoms with van der Waals surface area (Å²) >= 11 is 6.42. The smallest absolute Gasteiger partial charge is 0.319 e. The Bertz CT molecular complexity index is 903. The summed E-state index contributed by atoms with van der Waals surface area (Å²) in [5.41, 5.74) is 0.959. The third-order valence-corrected chi connectivity index (χ3v) is 10.6. The molecule has 2 N–H and O–H groups in total. The van der Waals surface area contributed by atoms with Crippen molar-refractivity contribution in [2.45, 2.75) is 32.4 Å². The monoisotopic (exact) mass is 439 g/mol. The summed E-state index contributed by atoms with van der Waals surface area (Å²) < 4.78 is 7.04. The van der Waals surface area contributed by atoms with Crippen LogP contribution in [0.2, 0.25) is 10.1 Å². The molecule has 5 heteroatoms. The second-order valence-corrected chi connectivity index (χ2v) is 13.0. The fourth-order valence-electron chi connectivity index (χ4n) is 3.88. The van der Waals surface area contributed by atoms with E-state index in [0.29, 0.717) is 18.1 Å². The molecule has 0 heterocycles. The van der Waals surface area contributed by atoms with Crippen molar-refractivity contribution in [3.63, 3.8) is 0 Å². The average Bonchev–Trinajstić information content (AvgIpc) is 2.74. The van der Waals surface area contributed by atoms with Crippen molar-refractivity contribution in [3.05, 3.63) is 89.4 Å². The van der Waals surface area contributed by atoms with Gasteiger partial charge in [-0.15, -0.1) is 0 Å². The lowest BCUT2D eigenvalue weighted by Gasteiger charge is -2.43. The molecule has 158 valence electrons. The maximum atomic E-state index is 9.05. The molecule has 3 aromatic carbocycles. The standard InChI is InChI=1S/C25H30ClNO2Si/c1-25(2,3)30(22-10-6-4-7-11-22,23-12-8-5-9-13-23)29-21-14-15-24(26)20(18-21)19-27-16-17-28/h4-15,18,27-28H,16-17,19H2,1-3H3. The molecule has 0 aromatic heterocycles. The Labute approximate surface area is 185 Å². The van der Waals surface area contributed by atoms with Gasteiger partial charge in [0.1, 0.15) is 5.75 Å². The maximum Gasteiger partial charge on any atom is 0.319 e. The van der Waals surface area contributed by atoms with Gasteiger partial charge in [-0.3, -0.25) is 0 Å². The van der Waals surface area contributed by atoms with E-state index in [4.69, 9.17) is 21.1 Å². The van der Waals surface area contributed by atoms with Crippen LogP contribution in [-0.2, 0) is 6.54 Å². The molecule has 3 aromatic rings. The van der Waals surface area contributed by atoms with Gasteiger partial charge in [0.25, 0.3) is 0 Å². The molecular weight excluding hydrogens is 410 g/mol. The molecule has 0 radical (unpaired) electrons. The van der Waals surface area contributed by atoms with Gasteiger partial charge < -0.3 is 14.8 Å². The number of nitrogens with one attached hydrogen (secondary N) is 1. The summed E-state index contributed by atoms with van der Waals surface area (Å²) in [4.78, 5) is 0. The van der Waals surface area contributed by atoms with Crippen LogP contribution in [0.5, 0.6) is 5.75 Å². The van der Waals surface area contributed by atoms with Gasteiger partial charge in [0, 0.05) is 18.1 Å². The summed E-state index contributed by atoms with van der Waals surface area (Å²) in [5.74, 6) is 0.814. The second kappa shape index (κ2) is 9.80. The molecule has 0 spiro atoms. The molecule has 0 saturated heterocycles. The molecule has 0 fully saturated rings. The highest BCUT2D eigenvalue weighted by atomic mass is 35.5. The Morgan fingerprint density at radius 1 is 0.900 bits per heavy atom. The molecule has 0 bridgehead atoms. The third kappa shape index (κ3) is 4.78. The Balaban J connectivity index is 2.11. The molecule has 0 unspecified atom stereocenters. The molecule has 0 amide bonds. The minimum absolute atomic E-state index is 0.0931. The van der Waals surface area contributed by atoms with Gasteiger partial charge in [-0.2, -0.15) is 0 Å². The molecule has 30 heavy (non-hydrogen) atoms. The lowest BCUT2D eigenvalue weighted by Crippen LogP contribution is -2.68. The first-order valence-electron chi connectivity index (χ1n) is 10.3. The van der Waals surface area contributed by atoms with E-state index >= 15 is 0 Å². The van der Waals surface area contributed by atoms with Crippen LogP contribution in [-0.4, -0.2) is 26.6 Å². The minimum Gasteiger partial charge on any atom is -0.534 e. The quantitative estimate of drug-likeness (QED) is 0.404. The average molecular weight is 440 g/mol. The van der Waals surface area contributed by atoms with E-state index in [-0.39, 0.29) is 11.6 Å². The van der Waals surface area contributed by atoms with Crippen molar-refractivity contribution in [1.29, 1.82) is 0 Å². The summed E-state index contributed by atoms with van der Waals surface area (Å²) in [6.07, 6.45) is 0. The van der Waals surface area contributed by atoms with Crippen LogP contribution >= 0.6 is 11.6 Å². The summed E-state index contributed by atoms with van der Waals surface area (Å²) in [6.45, 7) is 7.99. The second-order valence-electron chi connectivity index (χ2n) is 8.42. The van der Waals surface area contributed by atoms with Crippen LogP contribution in [0.3, 0.4) is 0 Å².